The zero-order valence-electron chi connectivity index (χ0n) is 13.5. The molecule has 1 aromatic heterocycles. The van der Waals surface area contributed by atoms with Gasteiger partial charge in [0.15, 0.2) is 5.49 Å². The fourth-order valence-electron chi connectivity index (χ4n) is 2.87. The van der Waals surface area contributed by atoms with E-state index in [-0.39, 0.29) is 0 Å². The third kappa shape index (κ3) is 4.51. The van der Waals surface area contributed by atoms with Gasteiger partial charge < -0.3 is 10.1 Å². The molecule has 4 heteroatoms. The van der Waals surface area contributed by atoms with Gasteiger partial charge in [-0.25, -0.2) is 0 Å². The molecule has 0 atom stereocenters. The number of nitrogens with zero attached hydrogens (tertiary/aromatic N) is 3. The van der Waals surface area contributed by atoms with Crippen molar-refractivity contribution in [1.29, 1.82) is 0 Å². The van der Waals surface area contributed by atoms with Gasteiger partial charge in [-0.3, -0.25) is 4.99 Å². The molecule has 0 radical (unpaired) electrons. The van der Waals surface area contributed by atoms with Crippen molar-refractivity contribution >= 4 is 5.69 Å². The molecule has 1 aliphatic heterocycles. The molecule has 1 saturated heterocycles. The van der Waals surface area contributed by atoms with Crippen LogP contribution in [0.1, 0.15) is 57.6 Å². The van der Waals surface area contributed by atoms with Crippen molar-refractivity contribution in [3.63, 3.8) is 0 Å². The van der Waals surface area contributed by atoms with Crippen LogP contribution in [0.15, 0.2) is 17.1 Å². The van der Waals surface area contributed by atoms with Gasteiger partial charge in [0.25, 0.3) is 0 Å². The first-order valence-electron chi connectivity index (χ1n) is 8.40. The summed E-state index contributed by atoms with van der Waals surface area (Å²) in [6, 6.07) is 4.08. The SMILES string of the molecule is CCCCCCN=c1cc(N2CCCCC2)cc(C)n1O. The third-order valence-electron chi connectivity index (χ3n) is 4.19. The molecule has 0 spiro atoms. The number of unbranched alkanes of at least 4 members (excludes halogenated alkanes) is 3. The number of hydrogen-bond donors (Lipinski definition) is 1. The summed E-state index contributed by atoms with van der Waals surface area (Å²) in [6.07, 6.45) is 8.67. The molecule has 118 valence electrons. The fourth-order valence-corrected chi connectivity index (χ4v) is 2.87. The molecule has 0 bridgehead atoms. The highest BCUT2D eigenvalue weighted by atomic mass is 16.5. The molecule has 1 aromatic rings. The van der Waals surface area contributed by atoms with Gasteiger partial charge in [0.1, 0.15) is 0 Å². The van der Waals surface area contributed by atoms with Crippen molar-refractivity contribution in [3.05, 3.63) is 23.3 Å². The predicted molar refractivity (Wildman–Crippen MR) is 87.0 cm³/mol. The number of aryl methyl sites for hydroxylation is 1. The first-order chi connectivity index (χ1) is 10.2. The van der Waals surface area contributed by atoms with Gasteiger partial charge in [-0.05, 0) is 38.7 Å². The second-order valence-corrected chi connectivity index (χ2v) is 6.02. The summed E-state index contributed by atoms with van der Waals surface area (Å²) in [4.78, 5) is 6.99. The molecule has 0 unspecified atom stereocenters. The van der Waals surface area contributed by atoms with Crippen LogP contribution >= 0.6 is 0 Å². The summed E-state index contributed by atoms with van der Waals surface area (Å²) in [5.41, 5.74) is 2.74. The Balaban J connectivity index is 2.12. The van der Waals surface area contributed by atoms with Crippen molar-refractivity contribution in [2.24, 2.45) is 4.99 Å². The van der Waals surface area contributed by atoms with Crippen molar-refractivity contribution in [1.82, 2.24) is 4.73 Å². The van der Waals surface area contributed by atoms with Gasteiger partial charge in [-0.2, -0.15) is 4.73 Å². The summed E-state index contributed by atoms with van der Waals surface area (Å²) < 4.78 is 1.22. The summed E-state index contributed by atoms with van der Waals surface area (Å²) in [7, 11) is 0. The maximum absolute atomic E-state index is 10.1. The zero-order chi connectivity index (χ0) is 15.1. The molecule has 0 aromatic carbocycles. The Kier molecular flexibility index (Phi) is 6.15. The third-order valence-corrected chi connectivity index (χ3v) is 4.19. The van der Waals surface area contributed by atoms with Gasteiger partial charge >= 0.3 is 0 Å². The number of rotatable bonds is 6. The van der Waals surface area contributed by atoms with Crippen molar-refractivity contribution in [2.75, 3.05) is 24.5 Å². The lowest BCUT2D eigenvalue weighted by Crippen LogP contribution is -2.32. The van der Waals surface area contributed by atoms with Crippen LogP contribution in [0, 0.1) is 6.92 Å². The van der Waals surface area contributed by atoms with E-state index in [1.54, 1.807) is 0 Å². The van der Waals surface area contributed by atoms with E-state index in [0.717, 1.165) is 31.7 Å². The summed E-state index contributed by atoms with van der Waals surface area (Å²) in [5.74, 6) is 0. The molecule has 0 aliphatic carbocycles. The maximum Gasteiger partial charge on any atom is 0.165 e. The van der Waals surface area contributed by atoms with Crippen LogP contribution in [-0.4, -0.2) is 29.6 Å². The van der Waals surface area contributed by atoms with Gasteiger partial charge in [-0.1, -0.05) is 26.2 Å². The normalized spacial score (nSPS) is 16.5. The molecule has 2 rings (SSSR count). The largest absolute Gasteiger partial charge is 0.427 e. The number of piperidine rings is 1. The fraction of sp³-hybridized carbons (Fsp3) is 0.706. The minimum atomic E-state index is 0.687. The molecule has 4 nitrogen and oxygen atoms in total. The molecule has 1 fully saturated rings. The lowest BCUT2D eigenvalue weighted by atomic mass is 10.1. The second kappa shape index (κ2) is 8.11. The minimum absolute atomic E-state index is 0.687. The number of anilines is 1. The van der Waals surface area contributed by atoms with E-state index in [1.165, 1.54) is 48.9 Å². The Bertz CT molecular complexity index is 501. The Morgan fingerprint density at radius 3 is 2.57 bits per heavy atom. The van der Waals surface area contributed by atoms with Crippen LogP contribution in [0.3, 0.4) is 0 Å². The van der Waals surface area contributed by atoms with Gasteiger partial charge in [-0.15, -0.1) is 0 Å². The average molecular weight is 291 g/mol. The number of pyridine rings is 1. The molecular weight excluding hydrogens is 262 g/mol. The van der Waals surface area contributed by atoms with E-state index in [0.29, 0.717) is 5.49 Å². The van der Waals surface area contributed by atoms with Gasteiger partial charge in [0, 0.05) is 31.4 Å². The predicted octanol–water partition coefficient (Wildman–Crippen LogP) is 3.51. The lowest BCUT2D eigenvalue weighted by Gasteiger charge is -2.29. The Hall–Kier alpha value is -1.45. The average Bonchev–Trinajstić information content (AvgIpc) is 2.51. The second-order valence-electron chi connectivity index (χ2n) is 6.02. The standard InChI is InChI=1S/C17H29N3O/c1-3-4-5-7-10-18-17-14-16(13-15(2)20(17)21)19-11-8-6-9-12-19/h13-14,21H,3-12H2,1-2H3. The van der Waals surface area contributed by atoms with E-state index >= 15 is 0 Å². The monoisotopic (exact) mass is 291 g/mol. The smallest absolute Gasteiger partial charge is 0.165 e. The summed E-state index contributed by atoms with van der Waals surface area (Å²) in [6.45, 7) is 7.17. The number of hydrogen-bond acceptors (Lipinski definition) is 3. The van der Waals surface area contributed by atoms with Crippen molar-refractivity contribution in [3.8, 4) is 0 Å². The van der Waals surface area contributed by atoms with Gasteiger partial charge in [0.05, 0.1) is 5.69 Å². The Morgan fingerprint density at radius 1 is 1.10 bits per heavy atom. The Morgan fingerprint density at radius 2 is 1.86 bits per heavy atom. The minimum Gasteiger partial charge on any atom is -0.427 e. The molecule has 1 N–H and O–H groups in total. The van der Waals surface area contributed by atoms with Crippen LogP contribution in [0.4, 0.5) is 5.69 Å². The number of aromatic nitrogens is 1. The van der Waals surface area contributed by atoms with Crippen LogP contribution in [-0.2, 0) is 0 Å². The highest BCUT2D eigenvalue weighted by Gasteiger charge is 2.12. The zero-order valence-corrected chi connectivity index (χ0v) is 13.5. The van der Waals surface area contributed by atoms with Crippen molar-refractivity contribution in [2.45, 2.75) is 58.8 Å². The quantitative estimate of drug-likeness (QED) is 0.643. The van der Waals surface area contributed by atoms with E-state index in [1.807, 2.05) is 13.0 Å². The van der Waals surface area contributed by atoms with E-state index in [2.05, 4.69) is 22.9 Å². The lowest BCUT2D eigenvalue weighted by molar-refractivity contribution is 0.165. The van der Waals surface area contributed by atoms with Gasteiger partial charge in [0.2, 0.25) is 0 Å². The van der Waals surface area contributed by atoms with E-state index in [4.69, 9.17) is 0 Å². The highest BCUT2D eigenvalue weighted by Crippen LogP contribution is 2.18. The van der Waals surface area contributed by atoms with E-state index < -0.39 is 0 Å². The molecule has 0 saturated carbocycles. The molecule has 0 amide bonds. The maximum atomic E-state index is 10.1. The Labute approximate surface area is 128 Å². The molecular formula is C17H29N3O. The van der Waals surface area contributed by atoms with Crippen LogP contribution in [0.2, 0.25) is 0 Å². The topological polar surface area (TPSA) is 40.8 Å². The van der Waals surface area contributed by atoms with Crippen LogP contribution in [0.5, 0.6) is 0 Å². The first kappa shape index (κ1) is 15.9. The first-order valence-corrected chi connectivity index (χ1v) is 8.40. The van der Waals surface area contributed by atoms with Crippen LogP contribution < -0.4 is 10.4 Å². The van der Waals surface area contributed by atoms with Crippen LogP contribution in [0.25, 0.3) is 0 Å². The molecule has 21 heavy (non-hydrogen) atoms. The summed E-state index contributed by atoms with van der Waals surface area (Å²) in [5, 5.41) is 10.1. The van der Waals surface area contributed by atoms with E-state index in [9.17, 15) is 5.21 Å². The molecule has 2 heterocycles. The van der Waals surface area contributed by atoms with Crippen molar-refractivity contribution < 1.29 is 5.21 Å². The highest BCUT2D eigenvalue weighted by molar-refractivity contribution is 5.46. The molecule has 1 aliphatic rings. The summed E-state index contributed by atoms with van der Waals surface area (Å²) >= 11 is 0.